The van der Waals surface area contributed by atoms with Crippen LogP contribution in [-0.4, -0.2) is 28.4 Å². The van der Waals surface area contributed by atoms with E-state index in [0.717, 1.165) is 6.20 Å². The van der Waals surface area contributed by atoms with Gasteiger partial charge in [0.25, 0.3) is 5.91 Å². The third-order valence-corrected chi connectivity index (χ3v) is 1.71. The van der Waals surface area contributed by atoms with Gasteiger partial charge in [0.2, 0.25) is 0 Å². The van der Waals surface area contributed by atoms with Crippen molar-refractivity contribution in [2.45, 2.75) is 19.6 Å². The van der Waals surface area contributed by atoms with Crippen molar-refractivity contribution >= 4 is 11.7 Å². The minimum Gasteiger partial charge on any atom is -0.382 e. The first kappa shape index (κ1) is 12.3. The molecule has 1 rings (SSSR count). The van der Waals surface area contributed by atoms with E-state index in [1.165, 1.54) is 0 Å². The lowest BCUT2D eigenvalue weighted by molar-refractivity contribution is -0.142. The maximum Gasteiger partial charge on any atom is 0.408 e. The van der Waals surface area contributed by atoms with Gasteiger partial charge in [-0.05, 0) is 6.92 Å². The number of nitrogens with two attached hydrogens (primary N) is 1. The summed E-state index contributed by atoms with van der Waals surface area (Å²) in [5, 5.41) is 5.84. The first-order valence-electron chi connectivity index (χ1n) is 4.51. The molecule has 0 unspecified atom stereocenters. The van der Waals surface area contributed by atoms with Gasteiger partial charge in [-0.1, -0.05) is 0 Å². The zero-order valence-corrected chi connectivity index (χ0v) is 8.51. The maximum absolute atomic E-state index is 12.0. The van der Waals surface area contributed by atoms with Crippen LogP contribution < -0.4 is 11.1 Å². The van der Waals surface area contributed by atoms with Crippen LogP contribution in [0.15, 0.2) is 6.20 Å². The highest BCUT2D eigenvalue weighted by Crippen LogP contribution is 2.18. The SMILES string of the molecule is CCNC(=O)c1cn(CC(F)(F)F)nc1N. The van der Waals surface area contributed by atoms with Gasteiger partial charge in [0.05, 0.1) is 0 Å². The molecular formula is C8H11F3N4O. The normalized spacial score (nSPS) is 11.5. The van der Waals surface area contributed by atoms with Crippen LogP contribution in [0.4, 0.5) is 19.0 Å². The van der Waals surface area contributed by atoms with Crippen molar-refractivity contribution < 1.29 is 18.0 Å². The fraction of sp³-hybridized carbons (Fsp3) is 0.500. The molecule has 1 amide bonds. The van der Waals surface area contributed by atoms with Gasteiger partial charge in [-0.3, -0.25) is 9.48 Å². The van der Waals surface area contributed by atoms with Gasteiger partial charge in [0, 0.05) is 12.7 Å². The molecule has 90 valence electrons. The lowest BCUT2D eigenvalue weighted by Gasteiger charge is -2.04. The molecule has 0 aliphatic heterocycles. The minimum atomic E-state index is -4.39. The van der Waals surface area contributed by atoms with E-state index in [1.54, 1.807) is 6.92 Å². The molecule has 0 saturated carbocycles. The number of nitrogen functional groups attached to an aromatic ring is 1. The molecule has 1 heterocycles. The molecule has 0 aromatic carbocycles. The molecule has 0 atom stereocenters. The first-order valence-corrected chi connectivity index (χ1v) is 4.51. The van der Waals surface area contributed by atoms with Crippen LogP contribution in [0.1, 0.15) is 17.3 Å². The second-order valence-corrected chi connectivity index (χ2v) is 3.10. The van der Waals surface area contributed by atoms with E-state index in [0.29, 0.717) is 11.2 Å². The number of carbonyl (C=O) groups is 1. The summed E-state index contributed by atoms with van der Waals surface area (Å²) >= 11 is 0. The summed E-state index contributed by atoms with van der Waals surface area (Å²) < 4.78 is 36.7. The second kappa shape index (κ2) is 4.42. The number of carbonyl (C=O) groups excluding carboxylic acids is 1. The van der Waals surface area contributed by atoms with E-state index in [-0.39, 0.29) is 11.4 Å². The van der Waals surface area contributed by atoms with E-state index in [1.807, 2.05) is 0 Å². The predicted molar refractivity (Wildman–Crippen MR) is 50.7 cm³/mol. The fourth-order valence-corrected chi connectivity index (χ4v) is 1.13. The average molecular weight is 236 g/mol. The largest absolute Gasteiger partial charge is 0.408 e. The zero-order chi connectivity index (χ0) is 12.3. The molecule has 0 spiro atoms. The summed E-state index contributed by atoms with van der Waals surface area (Å²) in [5.74, 6) is -0.747. The Morgan fingerprint density at radius 3 is 2.75 bits per heavy atom. The number of amides is 1. The Balaban J connectivity index is 2.86. The Labute approximate surface area is 89.4 Å². The molecule has 0 radical (unpaired) electrons. The molecule has 0 bridgehead atoms. The molecule has 16 heavy (non-hydrogen) atoms. The average Bonchev–Trinajstić information content (AvgIpc) is 2.44. The number of nitrogens with one attached hydrogen (secondary N) is 1. The Kier molecular flexibility index (Phi) is 3.41. The van der Waals surface area contributed by atoms with Gasteiger partial charge in [-0.15, -0.1) is 0 Å². The summed E-state index contributed by atoms with van der Waals surface area (Å²) in [6.07, 6.45) is -3.41. The smallest absolute Gasteiger partial charge is 0.382 e. The van der Waals surface area contributed by atoms with Crippen LogP contribution in [0.2, 0.25) is 0 Å². The molecule has 8 heteroatoms. The second-order valence-electron chi connectivity index (χ2n) is 3.10. The van der Waals surface area contributed by atoms with Crippen molar-refractivity contribution in [3.05, 3.63) is 11.8 Å². The Morgan fingerprint density at radius 1 is 1.62 bits per heavy atom. The van der Waals surface area contributed by atoms with E-state index >= 15 is 0 Å². The van der Waals surface area contributed by atoms with E-state index < -0.39 is 18.6 Å². The monoisotopic (exact) mass is 236 g/mol. The number of halogens is 3. The van der Waals surface area contributed by atoms with Gasteiger partial charge < -0.3 is 11.1 Å². The van der Waals surface area contributed by atoms with Crippen molar-refractivity contribution in [3.63, 3.8) is 0 Å². The summed E-state index contributed by atoms with van der Waals surface area (Å²) in [6, 6.07) is 0. The van der Waals surface area contributed by atoms with E-state index in [9.17, 15) is 18.0 Å². The van der Waals surface area contributed by atoms with Gasteiger partial charge in [0.1, 0.15) is 12.1 Å². The molecule has 0 aliphatic rings. The number of nitrogens with zero attached hydrogens (tertiary/aromatic N) is 2. The van der Waals surface area contributed by atoms with Crippen LogP contribution in [0.25, 0.3) is 0 Å². The summed E-state index contributed by atoms with van der Waals surface area (Å²) in [7, 11) is 0. The highest BCUT2D eigenvalue weighted by molar-refractivity contribution is 5.98. The van der Waals surface area contributed by atoms with Crippen molar-refractivity contribution in [2.24, 2.45) is 0 Å². The summed E-state index contributed by atoms with van der Waals surface area (Å²) in [5.41, 5.74) is 5.28. The van der Waals surface area contributed by atoms with Crippen LogP contribution >= 0.6 is 0 Å². The van der Waals surface area contributed by atoms with Crippen LogP contribution in [-0.2, 0) is 6.54 Å². The summed E-state index contributed by atoms with van der Waals surface area (Å²) in [4.78, 5) is 11.3. The predicted octanol–water partition coefficient (Wildman–Crippen LogP) is 0.777. The first-order chi connectivity index (χ1) is 7.33. The third-order valence-electron chi connectivity index (χ3n) is 1.71. The topological polar surface area (TPSA) is 72.9 Å². The number of hydrogen-bond acceptors (Lipinski definition) is 3. The van der Waals surface area contributed by atoms with Crippen molar-refractivity contribution in [1.29, 1.82) is 0 Å². The fourth-order valence-electron chi connectivity index (χ4n) is 1.13. The molecule has 0 aliphatic carbocycles. The molecule has 5 nitrogen and oxygen atoms in total. The van der Waals surface area contributed by atoms with Crippen molar-refractivity contribution in [1.82, 2.24) is 15.1 Å². The zero-order valence-electron chi connectivity index (χ0n) is 8.51. The van der Waals surface area contributed by atoms with Gasteiger partial charge in [0.15, 0.2) is 5.82 Å². The van der Waals surface area contributed by atoms with Gasteiger partial charge in [-0.25, -0.2) is 0 Å². The van der Waals surface area contributed by atoms with Crippen LogP contribution in [0.3, 0.4) is 0 Å². The van der Waals surface area contributed by atoms with E-state index in [2.05, 4.69) is 10.4 Å². The number of rotatable bonds is 3. The molecular weight excluding hydrogens is 225 g/mol. The minimum absolute atomic E-state index is 0.0499. The lowest BCUT2D eigenvalue weighted by atomic mass is 10.3. The van der Waals surface area contributed by atoms with Crippen molar-refractivity contribution in [2.75, 3.05) is 12.3 Å². The molecule has 0 saturated heterocycles. The third kappa shape index (κ3) is 3.14. The lowest BCUT2D eigenvalue weighted by Crippen LogP contribution is -2.23. The number of anilines is 1. The maximum atomic E-state index is 12.0. The molecule has 1 aromatic heterocycles. The molecule has 0 fully saturated rings. The Hall–Kier alpha value is -1.73. The number of hydrogen-bond donors (Lipinski definition) is 2. The van der Waals surface area contributed by atoms with Crippen LogP contribution in [0.5, 0.6) is 0 Å². The van der Waals surface area contributed by atoms with E-state index in [4.69, 9.17) is 5.73 Å². The Morgan fingerprint density at radius 2 is 2.25 bits per heavy atom. The standard InChI is InChI=1S/C8H11F3N4O/c1-2-13-7(16)5-3-15(14-6(5)12)4-8(9,10)11/h3H,2,4H2,1H3,(H2,12,14)(H,13,16). The summed E-state index contributed by atoms with van der Waals surface area (Å²) in [6.45, 7) is 0.785. The molecule has 1 aromatic rings. The highest BCUT2D eigenvalue weighted by atomic mass is 19.4. The Bertz CT molecular complexity index is 385. The van der Waals surface area contributed by atoms with Gasteiger partial charge >= 0.3 is 6.18 Å². The van der Waals surface area contributed by atoms with Crippen LogP contribution in [0, 0.1) is 0 Å². The van der Waals surface area contributed by atoms with Gasteiger partial charge in [-0.2, -0.15) is 18.3 Å². The quantitative estimate of drug-likeness (QED) is 0.814. The highest BCUT2D eigenvalue weighted by Gasteiger charge is 2.29. The molecule has 3 N–H and O–H groups in total. The number of alkyl halides is 3. The van der Waals surface area contributed by atoms with Crippen molar-refractivity contribution in [3.8, 4) is 0 Å². The number of aromatic nitrogens is 2.